The molecule has 0 atom stereocenters. The molecule has 170 valence electrons. The van der Waals surface area contributed by atoms with Crippen LogP contribution in [0.1, 0.15) is 18.1 Å². The van der Waals surface area contributed by atoms with Gasteiger partial charge in [-0.05, 0) is 49.2 Å². The summed E-state index contributed by atoms with van der Waals surface area (Å²) in [6, 6.07) is 12.9. The van der Waals surface area contributed by atoms with E-state index in [2.05, 4.69) is 35.0 Å². The van der Waals surface area contributed by atoms with Crippen LogP contribution in [0.3, 0.4) is 0 Å². The summed E-state index contributed by atoms with van der Waals surface area (Å²) in [5.74, 6) is 0.882. The van der Waals surface area contributed by atoms with E-state index >= 15 is 0 Å². The number of hydrogen-bond acceptors (Lipinski definition) is 4. The molecular weight excluding hydrogens is 547 g/mol. The summed E-state index contributed by atoms with van der Waals surface area (Å²) in [5.41, 5.74) is 3.40. The molecule has 0 spiro atoms. The van der Waals surface area contributed by atoms with Gasteiger partial charge in [0, 0.05) is 49.7 Å². The van der Waals surface area contributed by atoms with Gasteiger partial charge in [-0.1, -0.05) is 29.8 Å². The number of rotatable bonds is 5. The number of sulfone groups is 1. The summed E-state index contributed by atoms with van der Waals surface area (Å²) in [4.78, 5) is 9.73. The van der Waals surface area contributed by atoms with E-state index in [1.54, 1.807) is 12.1 Å². The van der Waals surface area contributed by atoms with E-state index in [9.17, 15) is 8.42 Å². The fourth-order valence-electron chi connectivity index (χ4n) is 3.52. The molecule has 1 aliphatic rings. The molecule has 1 N–H and O–H groups in total. The maximum atomic E-state index is 11.6. The molecule has 0 aromatic heterocycles. The second-order valence-electron chi connectivity index (χ2n) is 7.49. The normalized spacial score (nSPS) is 14.9. The second kappa shape index (κ2) is 11.4. The van der Waals surface area contributed by atoms with Crippen LogP contribution in [0.25, 0.3) is 0 Å². The molecule has 9 heteroatoms. The Balaban J connectivity index is 0.00000341. The van der Waals surface area contributed by atoms with Crippen LogP contribution in [-0.2, 0) is 16.4 Å². The Hall–Kier alpha value is -1.52. The molecule has 2 aromatic rings. The largest absolute Gasteiger partial charge is 0.368 e. The lowest BCUT2D eigenvalue weighted by atomic mass is 10.1. The molecule has 31 heavy (non-hydrogen) atoms. The number of benzene rings is 2. The summed E-state index contributed by atoms with van der Waals surface area (Å²) < 4.78 is 23.2. The first-order chi connectivity index (χ1) is 14.3. The minimum absolute atomic E-state index is 0. The SMILES string of the molecule is CCNC(=NCc1ccc(S(C)(=O)=O)cc1)N1CCN(c2cc(Cl)ccc2C)CC1.I. The van der Waals surface area contributed by atoms with Gasteiger partial charge in [0.15, 0.2) is 15.8 Å². The molecule has 0 saturated carbocycles. The Morgan fingerprint density at radius 3 is 2.32 bits per heavy atom. The number of anilines is 1. The lowest BCUT2D eigenvalue weighted by molar-refractivity contribution is 0.372. The highest BCUT2D eigenvalue weighted by atomic mass is 127. The van der Waals surface area contributed by atoms with Crippen molar-refractivity contribution in [1.29, 1.82) is 0 Å². The van der Waals surface area contributed by atoms with E-state index in [1.807, 2.05) is 24.3 Å². The van der Waals surface area contributed by atoms with Crippen LogP contribution < -0.4 is 10.2 Å². The molecule has 0 unspecified atom stereocenters. The zero-order chi connectivity index (χ0) is 21.7. The van der Waals surface area contributed by atoms with Gasteiger partial charge in [0.1, 0.15) is 0 Å². The van der Waals surface area contributed by atoms with Crippen molar-refractivity contribution in [3.8, 4) is 0 Å². The van der Waals surface area contributed by atoms with E-state index in [0.717, 1.165) is 49.3 Å². The van der Waals surface area contributed by atoms with Gasteiger partial charge in [0.25, 0.3) is 0 Å². The van der Waals surface area contributed by atoms with Crippen molar-refractivity contribution in [2.24, 2.45) is 4.99 Å². The average molecular weight is 577 g/mol. The summed E-state index contributed by atoms with van der Waals surface area (Å²) in [6.07, 6.45) is 1.22. The van der Waals surface area contributed by atoms with Gasteiger partial charge in [-0.2, -0.15) is 0 Å². The van der Waals surface area contributed by atoms with E-state index in [0.29, 0.717) is 11.4 Å². The number of aryl methyl sites for hydroxylation is 1. The highest BCUT2D eigenvalue weighted by Crippen LogP contribution is 2.25. The number of guanidine groups is 1. The molecule has 0 amide bonds. The third kappa shape index (κ3) is 6.98. The summed E-state index contributed by atoms with van der Waals surface area (Å²) in [5, 5.41) is 4.13. The molecule has 2 aromatic carbocycles. The lowest BCUT2D eigenvalue weighted by Crippen LogP contribution is -2.52. The number of hydrogen-bond donors (Lipinski definition) is 1. The van der Waals surface area contributed by atoms with Gasteiger partial charge >= 0.3 is 0 Å². The van der Waals surface area contributed by atoms with E-state index in [4.69, 9.17) is 16.6 Å². The number of halogens is 2. The van der Waals surface area contributed by atoms with Crippen molar-refractivity contribution in [2.75, 3.05) is 43.9 Å². The molecule has 1 saturated heterocycles. The van der Waals surface area contributed by atoms with Crippen LogP contribution in [-0.4, -0.2) is 58.3 Å². The van der Waals surface area contributed by atoms with Crippen molar-refractivity contribution in [3.63, 3.8) is 0 Å². The van der Waals surface area contributed by atoms with Crippen molar-refractivity contribution in [3.05, 3.63) is 58.6 Å². The molecular formula is C22H30ClIN4O2S. The van der Waals surface area contributed by atoms with Gasteiger partial charge in [-0.3, -0.25) is 0 Å². The first kappa shape index (κ1) is 25.7. The van der Waals surface area contributed by atoms with Crippen LogP contribution in [0, 0.1) is 6.92 Å². The van der Waals surface area contributed by atoms with Crippen molar-refractivity contribution in [1.82, 2.24) is 10.2 Å². The van der Waals surface area contributed by atoms with Crippen molar-refractivity contribution in [2.45, 2.75) is 25.3 Å². The minimum Gasteiger partial charge on any atom is -0.368 e. The zero-order valence-electron chi connectivity index (χ0n) is 18.1. The standard InChI is InChI=1S/C22H29ClN4O2S.HI/c1-4-24-22(25-16-18-6-9-20(10-7-18)30(3,28)29)27-13-11-26(12-14-27)21-15-19(23)8-5-17(21)2;/h5-10,15H,4,11-14,16H2,1-3H3,(H,24,25);1H. The molecule has 1 aliphatic heterocycles. The average Bonchev–Trinajstić information content (AvgIpc) is 2.73. The van der Waals surface area contributed by atoms with Crippen LogP contribution in [0.15, 0.2) is 52.4 Å². The Morgan fingerprint density at radius 1 is 1.10 bits per heavy atom. The van der Waals surface area contributed by atoms with Gasteiger partial charge in [-0.15, -0.1) is 24.0 Å². The fraction of sp³-hybridized carbons (Fsp3) is 0.409. The molecule has 6 nitrogen and oxygen atoms in total. The number of piperazine rings is 1. The highest BCUT2D eigenvalue weighted by molar-refractivity contribution is 14.0. The Labute approximate surface area is 207 Å². The first-order valence-corrected chi connectivity index (χ1v) is 12.4. The van der Waals surface area contributed by atoms with Crippen molar-refractivity contribution < 1.29 is 8.42 Å². The monoisotopic (exact) mass is 576 g/mol. The van der Waals surface area contributed by atoms with Crippen LogP contribution in [0.5, 0.6) is 0 Å². The number of nitrogens with zero attached hydrogens (tertiary/aromatic N) is 3. The molecule has 1 heterocycles. The number of nitrogens with one attached hydrogen (secondary N) is 1. The molecule has 3 rings (SSSR count). The van der Waals surface area contributed by atoms with Crippen molar-refractivity contribution >= 4 is 57.1 Å². The molecule has 0 aliphatic carbocycles. The predicted molar refractivity (Wildman–Crippen MR) is 140 cm³/mol. The first-order valence-electron chi connectivity index (χ1n) is 10.1. The van der Waals surface area contributed by atoms with Gasteiger partial charge in [0.05, 0.1) is 11.4 Å². The summed E-state index contributed by atoms with van der Waals surface area (Å²) in [7, 11) is -3.18. The summed E-state index contributed by atoms with van der Waals surface area (Å²) in [6.45, 7) is 8.99. The molecule has 0 bridgehead atoms. The molecule has 1 fully saturated rings. The minimum atomic E-state index is -3.18. The van der Waals surface area contributed by atoms with E-state index in [1.165, 1.54) is 17.5 Å². The van der Waals surface area contributed by atoms with Crippen LogP contribution in [0.4, 0.5) is 5.69 Å². The maximum absolute atomic E-state index is 11.6. The number of aliphatic imine (C=N–C) groups is 1. The topological polar surface area (TPSA) is 65.0 Å². The molecule has 0 radical (unpaired) electrons. The van der Waals surface area contributed by atoms with Gasteiger partial charge in [-0.25, -0.2) is 13.4 Å². The fourth-order valence-corrected chi connectivity index (χ4v) is 4.31. The van der Waals surface area contributed by atoms with E-state index < -0.39 is 9.84 Å². The maximum Gasteiger partial charge on any atom is 0.194 e. The lowest BCUT2D eigenvalue weighted by Gasteiger charge is -2.38. The Bertz CT molecular complexity index is 1000. The third-order valence-electron chi connectivity index (χ3n) is 5.19. The summed E-state index contributed by atoms with van der Waals surface area (Å²) >= 11 is 6.19. The smallest absolute Gasteiger partial charge is 0.194 e. The highest BCUT2D eigenvalue weighted by Gasteiger charge is 2.21. The Morgan fingerprint density at radius 2 is 1.74 bits per heavy atom. The van der Waals surface area contributed by atoms with E-state index in [-0.39, 0.29) is 24.0 Å². The van der Waals surface area contributed by atoms with Gasteiger partial charge < -0.3 is 15.1 Å². The third-order valence-corrected chi connectivity index (χ3v) is 6.55. The second-order valence-corrected chi connectivity index (χ2v) is 9.94. The predicted octanol–water partition coefficient (Wildman–Crippen LogP) is 3.96. The van der Waals surface area contributed by atoms with Gasteiger partial charge in [0.2, 0.25) is 0 Å². The Kier molecular flexibility index (Phi) is 9.45. The quantitative estimate of drug-likeness (QED) is 0.332. The van der Waals surface area contributed by atoms with Crippen LogP contribution in [0.2, 0.25) is 5.02 Å². The zero-order valence-corrected chi connectivity index (χ0v) is 22.0. The van der Waals surface area contributed by atoms with Crippen LogP contribution >= 0.6 is 35.6 Å².